The summed E-state index contributed by atoms with van der Waals surface area (Å²) in [6.45, 7) is 0. The largest absolute Gasteiger partial charge is 0.315 e. The number of fused-ring (bicyclic) bond motifs is 3. The van der Waals surface area contributed by atoms with Gasteiger partial charge in [0.05, 0.1) is 5.69 Å². The van der Waals surface area contributed by atoms with Crippen molar-refractivity contribution in [2.75, 3.05) is 4.90 Å². The molecule has 1 aromatic carbocycles. The van der Waals surface area contributed by atoms with E-state index >= 15 is 0 Å². The average Bonchev–Trinajstić information content (AvgIpc) is 2.75. The van der Waals surface area contributed by atoms with E-state index in [2.05, 4.69) is 17.0 Å². The first-order valence-electron chi connectivity index (χ1n) is 4.35. The highest BCUT2D eigenvalue weighted by molar-refractivity contribution is 8.00. The molecule has 0 saturated carbocycles. The van der Waals surface area contributed by atoms with Crippen molar-refractivity contribution in [2.45, 2.75) is 10.4 Å². The Balaban J connectivity index is 2.05. The normalized spacial score (nSPS) is 22.4. The molecular weight excluding hydrogens is 196 g/mol. The summed E-state index contributed by atoms with van der Waals surface area (Å²) in [4.78, 5) is 15.7. The molecule has 0 spiro atoms. The van der Waals surface area contributed by atoms with Crippen LogP contribution in [0.1, 0.15) is 0 Å². The molecule has 1 atom stereocenters. The standard InChI is InChI=1S/C10H8N2OS/c13-7-11-5-6-12-8-3-1-2-4-9(8)14-10(11)12/h1-7,10H. The molecule has 4 heteroatoms. The van der Waals surface area contributed by atoms with Crippen LogP contribution < -0.4 is 4.90 Å². The smallest absolute Gasteiger partial charge is 0.216 e. The van der Waals surface area contributed by atoms with Gasteiger partial charge < -0.3 is 4.90 Å². The third-order valence-electron chi connectivity index (χ3n) is 2.39. The zero-order valence-corrected chi connectivity index (χ0v) is 8.15. The second-order valence-corrected chi connectivity index (χ2v) is 4.27. The third-order valence-corrected chi connectivity index (χ3v) is 3.67. The molecule has 1 unspecified atom stereocenters. The predicted molar refractivity (Wildman–Crippen MR) is 55.6 cm³/mol. The lowest BCUT2D eigenvalue weighted by Gasteiger charge is -2.20. The van der Waals surface area contributed by atoms with Crippen LogP contribution in [0.25, 0.3) is 0 Å². The van der Waals surface area contributed by atoms with Crippen molar-refractivity contribution in [1.29, 1.82) is 0 Å². The molecule has 14 heavy (non-hydrogen) atoms. The van der Waals surface area contributed by atoms with E-state index < -0.39 is 0 Å². The van der Waals surface area contributed by atoms with Gasteiger partial charge in [0, 0.05) is 17.3 Å². The second-order valence-electron chi connectivity index (χ2n) is 3.17. The first-order chi connectivity index (χ1) is 6.90. The number of rotatable bonds is 1. The molecule has 1 aromatic rings. The highest BCUT2D eigenvalue weighted by atomic mass is 32.2. The van der Waals surface area contributed by atoms with Gasteiger partial charge in [-0.1, -0.05) is 23.9 Å². The summed E-state index contributed by atoms with van der Waals surface area (Å²) in [5, 5.41) is 0. The van der Waals surface area contributed by atoms with E-state index in [-0.39, 0.29) is 5.50 Å². The SMILES string of the molecule is O=CN1C=CN2c3ccccc3SC12. The summed E-state index contributed by atoms with van der Waals surface area (Å²) in [6, 6.07) is 8.18. The number of amides is 1. The number of benzene rings is 1. The van der Waals surface area contributed by atoms with E-state index in [9.17, 15) is 4.79 Å². The third kappa shape index (κ3) is 0.915. The lowest BCUT2D eigenvalue weighted by atomic mass is 10.3. The molecule has 0 saturated heterocycles. The van der Waals surface area contributed by atoms with Crippen LogP contribution in [0.2, 0.25) is 0 Å². The fraction of sp³-hybridized carbons (Fsp3) is 0.100. The molecule has 0 fully saturated rings. The zero-order chi connectivity index (χ0) is 9.54. The topological polar surface area (TPSA) is 23.6 Å². The Bertz CT molecular complexity index is 418. The lowest BCUT2D eigenvalue weighted by Crippen LogP contribution is -2.31. The van der Waals surface area contributed by atoms with E-state index in [4.69, 9.17) is 0 Å². The van der Waals surface area contributed by atoms with Crippen molar-refractivity contribution in [3.63, 3.8) is 0 Å². The van der Waals surface area contributed by atoms with E-state index in [0.29, 0.717) is 0 Å². The number of nitrogens with zero attached hydrogens (tertiary/aromatic N) is 2. The summed E-state index contributed by atoms with van der Waals surface area (Å²) >= 11 is 1.70. The van der Waals surface area contributed by atoms with Crippen LogP contribution in [0.15, 0.2) is 41.6 Å². The fourth-order valence-corrected chi connectivity index (χ4v) is 2.95. The van der Waals surface area contributed by atoms with E-state index in [0.717, 1.165) is 6.41 Å². The van der Waals surface area contributed by atoms with Crippen molar-refractivity contribution < 1.29 is 4.79 Å². The van der Waals surface area contributed by atoms with Crippen LogP contribution >= 0.6 is 11.8 Å². The van der Waals surface area contributed by atoms with Gasteiger partial charge in [-0.05, 0) is 12.1 Å². The van der Waals surface area contributed by atoms with Crippen LogP contribution in [0.4, 0.5) is 5.69 Å². The summed E-state index contributed by atoms with van der Waals surface area (Å²) in [7, 11) is 0. The van der Waals surface area contributed by atoms with Crippen molar-refractivity contribution in [1.82, 2.24) is 4.90 Å². The Morgan fingerprint density at radius 2 is 2.14 bits per heavy atom. The zero-order valence-electron chi connectivity index (χ0n) is 7.33. The number of anilines is 1. The van der Waals surface area contributed by atoms with Crippen LogP contribution in [-0.4, -0.2) is 16.8 Å². The summed E-state index contributed by atoms with van der Waals surface area (Å²) in [5.74, 6) is 0. The van der Waals surface area contributed by atoms with Gasteiger partial charge in [0.15, 0.2) is 5.50 Å². The number of hydrogen-bond donors (Lipinski definition) is 0. The average molecular weight is 204 g/mol. The second kappa shape index (κ2) is 2.78. The summed E-state index contributed by atoms with van der Waals surface area (Å²) in [5.41, 5.74) is 1.27. The maximum atomic E-state index is 10.7. The first kappa shape index (κ1) is 7.94. The monoisotopic (exact) mass is 204 g/mol. The maximum absolute atomic E-state index is 10.7. The number of para-hydroxylation sites is 1. The van der Waals surface area contributed by atoms with Gasteiger partial charge in [0.2, 0.25) is 6.41 Å². The Morgan fingerprint density at radius 1 is 1.29 bits per heavy atom. The summed E-state index contributed by atoms with van der Waals surface area (Å²) < 4.78 is 0. The Labute approximate surface area is 86.0 Å². The Kier molecular flexibility index (Phi) is 1.58. The molecule has 0 N–H and O–H groups in total. The van der Waals surface area contributed by atoms with Gasteiger partial charge in [0.1, 0.15) is 0 Å². The molecule has 3 nitrogen and oxygen atoms in total. The molecule has 1 amide bonds. The number of thioether (sulfide) groups is 1. The van der Waals surface area contributed by atoms with Crippen LogP contribution in [0.3, 0.4) is 0 Å². The van der Waals surface area contributed by atoms with Crippen LogP contribution in [0.5, 0.6) is 0 Å². The predicted octanol–water partition coefficient (Wildman–Crippen LogP) is 1.83. The highest BCUT2D eigenvalue weighted by Gasteiger charge is 2.35. The minimum Gasteiger partial charge on any atom is -0.315 e. The van der Waals surface area contributed by atoms with Crippen LogP contribution in [-0.2, 0) is 4.79 Å². The summed E-state index contributed by atoms with van der Waals surface area (Å²) in [6.07, 6.45) is 4.61. The molecule has 0 aromatic heterocycles. The Morgan fingerprint density at radius 3 is 3.00 bits per heavy atom. The molecule has 70 valence electrons. The molecule has 2 aliphatic heterocycles. The number of carbonyl (C=O) groups excluding carboxylic acids is 1. The Hall–Kier alpha value is -1.42. The van der Waals surface area contributed by atoms with Gasteiger partial charge in [-0.25, -0.2) is 0 Å². The van der Waals surface area contributed by atoms with Gasteiger partial charge in [0.25, 0.3) is 0 Å². The molecule has 0 bridgehead atoms. The minimum atomic E-state index is 0.0879. The van der Waals surface area contributed by atoms with E-state index in [1.165, 1.54) is 10.6 Å². The molecule has 0 radical (unpaired) electrons. The fourth-order valence-electron chi connectivity index (χ4n) is 1.73. The van der Waals surface area contributed by atoms with E-state index in [1.807, 2.05) is 18.3 Å². The van der Waals surface area contributed by atoms with Gasteiger partial charge in [-0.15, -0.1) is 0 Å². The van der Waals surface area contributed by atoms with Crippen LogP contribution in [0, 0.1) is 0 Å². The van der Waals surface area contributed by atoms with Gasteiger partial charge >= 0.3 is 0 Å². The number of hydrogen-bond acceptors (Lipinski definition) is 3. The quantitative estimate of drug-likeness (QED) is 0.652. The minimum absolute atomic E-state index is 0.0879. The van der Waals surface area contributed by atoms with Crippen molar-refractivity contribution in [2.24, 2.45) is 0 Å². The van der Waals surface area contributed by atoms with E-state index in [1.54, 1.807) is 22.9 Å². The molecule has 2 heterocycles. The molecule has 0 aliphatic carbocycles. The maximum Gasteiger partial charge on any atom is 0.216 e. The van der Waals surface area contributed by atoms with Gasteiger partial charge in [-0.2, -0.15) is 0 Å². The van der Waals surface area contributed by atoms with Gasteiger partial charge in [-0.3, -0.25) is 9.69 Å². The van der Waals surface area contributed by atoms with Crippen molar-refractivity contribution >= 4 is 23.9 Å². The molecular formula is C10H8N2OS. The molecule has 3 rings (SSSR count). The molecule has 2 aliphatic rings. The van der Waals surface area contributed by atoms with Crippen molar-refractivity contribution in [3.8, 4) is 0 Å². The number of carbonyl (C=O) groups is 1. The highest BCUT2D eigenvalue weighted by Crippen LogP contribution is 2.46. The van der Waals surface area contributed by atoms with Crippen molar-refractivity contribution in [3.05, 3.63) is 36.7 Å². The lowest BCUT2D eigenvalue weighted by molar-refractivity contribution is -0.115. The first-order valence-corrected chi connectivity index (χ1v) is 5.23.